The lowest BCUT2D eigenvalue weighted by atomic mass is 9.95. The number of aromatic nitrogens is 2. The summed E-state index contributed by atoms with van der Waals surface area (Å²) in [4.78, 5) is 123. The number of carbonyl (C=O) groups excluding carboxylic acids is 7. The summed E-state index contributed by atoms with van der Waals surface area (Å²) >= 11 is 0. The Labute approximate surface area is 431 Å². The number of nitrogens with two attached hydrogens (primary N) is 2. The number of likely N-dealkylation sites (N-methyl/N-ethyl adjacent to an activating group) is 1. The molecule has 1 saturated heterocycles. The lowest BCUT2D eigenvalue weighted by molar-refractivity contribution is -0.147. The molecule has 7 amide bonds. The predicted molar refractivity (Wildman–Crippen MR) is 276 cm³/mol. The van der Waals surface area contributed by atoms with Crippen LogP contribution in [0.2, 0.25) is 0 Å². The van der Waals surface area contributed by atoms with Gasteiger partial charge < -0.3 is 68.4 Å². The molecule has 8 atom stereocenters. The number of piperidine rings is 1. The molecular formula is C51H75N13O10. The van der Waals surface area contributed by atoms with Crippen LogP contribution in [0.1, 0.15) is 83.0 Å². The topological polar surface area (TPSA) is 347 Å². The zero-order chi connectivity index (χ0) is 54.3. The van der Waals surface area contributed by atoms with Gasteiger partial charge in [-0.2, -0.15) is 0 Å². The van der Waals surface area contributed by atoms with Gasteiger partial charge in [-0.15, -0.1) is 0 Å². The summed E-state index contributed by atoms with van der Waals surface area (Å²) in [6.07, 6.45) is 5.05. The van der Waals surface area contributed by atoms with Crippen molar-refractivity contribution in [3.8, 4) is 5.75 Å². The Morgan fingerprint density at radius 3 is 2.03 bits per heavy atom. The molecule has 1 unspecified atom stereocenters. The molecule has 13 N–H and O–H groups in total. The smallest absolute Gasteiger partial charge is 0.326 e. The molecule has 1 aromatic heterocycles. The number of nitrogens with zero attached hydrogens (tertiary/aromatic N) is 3. The number of amides is 7. The van der Waals surface area contributed by atoms with E-state index in [0.717, 1.165) is 0 Å². The summed E-state index contributed by atoms with van der Waals surface area (Å²) in [5, 5.41) is 29.4. The SMILES string of the molecule is CCC(C)[C@H](NC(=O)[C@H](Cc1ccc(OC)cc1)NC(=O)[C@@H](NC(=O)[C@H](CCCN=C(N)N)NC(=O)CNC)C(C)C)C(=O)N[C@@H](Cc1cnc[nH]1)C(=O)N1CCCC[C@H]1C(=O)N[C@@H](Cc1ccccc1)C(=O)O. The molecule has 2 aromatic carbocycles. The number of imidazole rings is 1. The highest BCUT2D eigenvalue weighted by molar-refractivity contribution is 5.98. The van der Waals surface area contributed by atoms with E-state index in [-0.39, 0.29) is 57.7 Å². The third-order valence-electron chi connectivity index (χ3n) is 12.8. The minimum absolute atomic E-state index is 0.0196. The molecule has 23 heteroatoms. The highest BCUT2D eigenvalue weighted by Crippen LogP contribution is 2.21. The Balaban J connectivity index is 1.61. The van der Waals surface area contributed by atoms with E-state index in [1.165, 1.54) is 24.5 Å². The van der Waals surface area contributed by atoms with Gasteiger partial charge in [0.25, 0.3) is 0 Å². The third-order valence-corrected chi connectivity index (χ3v) is 12.8. The van der Waals surface area contributed by atoms with E-state index in [4.69, 9.17) is 16.2 Å². The fraction of sp³-hybridized carbons (Fsp3) is 0.529. The van der Waals surface area contributed by atoms with Gasteiger partial charge in [0.1, 0.15) is 48.0 Å². The van der Waals surface area contributed by atoms with Crippen LogP contribution in [0.25, 0.3) is 0 Å². The van der Waals surface area contributed by atoms with Crippen LogP contribution in [0.3, 0.4) is 0 Å². The van der Waals surface area contributed by atoms with Crippen molar-refractivity contribution in [3.05, 3.63) is 83.9 Å². The summed E-state index contributed by atoms with van der Waals surface area (Å²) in [5.74, 6) is -6.37. The minimum atomic E-state index is -1.31. The second-order valence-electron chi connectivity index (χ2n) is 18.8. The zero-order valence-corrected chi connectivity index (χ0v) is 43.2. The normalized spacial score (nSPS) is 16.1. The summed E-state index contributed by atoms with van der Waals surface area (Å²) in [5.41, 5.74) is 12.7. The molecule has 3 aromatic rings. The average Bonchev–Trinajstić information content (AvgIpc) is 3.90. The molecule has 1 aliphatic rings. The molecule has 0 aliphatic carbocycles. The van der Waals surface area contributed by atoms with E-state index >= 15 is 0 Å². The van der Waals surface area contributed by atoms with Crippen molar-refractivity contribution >= 4 is 53.3 Å². The van der Waals surface area contributed by atoms with Crippen LogP contribution in [0, 0.1) is 11.8 Å². The number of likely N-dealkylation sites (tertiary alicyclic amines) is 1. The molecule has 23 nitrogen and oxygen atoms in total. The molecule has 0 spiro atoms. The quantitative estimate of drug-likeness (QED) is 0.0244. The highest BCUT2D eigenvalue weighted by Gasteiger charge is 2.40. The number of guanidine groups is 1. The fourth-order valence-corrected chi connectivity index (χ4v) is 8.45. The van der Waals surface area contributed by atoms with Gasteiger partial charge in [-0.1, -0.05) is 76.6 Å². The summed E-state index contributed by atoms with van der Waals surface area (Å²) < 4.78 is 5.32. The van der Waals surface area contributed by atoms with Crippen LogP contribution >= 0.6 is 0 Å². The van der Waals surface area contributed by atoms with Crippen LogP contribution in [-0.4, -0.2) is 149 Å². The van der Waals surface area contributed by atoms with E-state index in [2.05, 4.69) is 52.2 Å². The van der Waals surface area contributed by atoms with Gasteiger partial charge in [-0.05, 0) is 74.2 Å². The number of carboxylic acids is 1. The van der Waals surface area contributed by atoms with Crippen molar-refractivity contribution in [2.45, 2.75) is 128 Å². The first-order chi connectivity index (χ1) is 35.3. The standard InChI is InChI=1S/C51H75N13O10/c1-7-31(4)43(48(70)60-38(26-34-27-55-29-57-34)49(71)64-23-12-11-17-40(64)46(68)61-39(50(72)73)25-32-14-9-8-10-15-32)63-45(67)37(24-33-18-20-35(74-6)21-19-33)59-47(69)42(30(2)3)62-44(66)36(58-41(65)28-54-5)16-13-22-56-51(52)53/h8-10,14-15,18-21,27,29-31,36-40,42-43,54H,7,11-13,16-17,22-26,28H2,1-6H3,(H,55,57)(H,58,65)(H,59,69)(H,60,70)(H,61,68)(H,62,66)(H,63,67)(H,72,73)(H4,52,53,56)/t31?,36-,37-,38-,39-,40-,42-,43-/m0/s1. The molecule has 4 rings (SSSR count). The van der Waals surface area contributed by atoms with Crippen LogP contribution in [0.15, 0.2) is 72.1 Å². The number of aliphatic imine (C=N–C) groups is 1. The zero-order valence-electron chi connectivity index (χ0n) is 43.2. The first kappa shape index (κ1) is 59.0. The van der Waals surface area contributed by atoms with Crippen molar-refractivity contribution in [3.63, 3.8) is 0 Å². The molecule has 74 heavy (non-hydrogen) atoms. The molecule has 2 heterocycles. The number of methoxy groups -OCH3 is 1. The Morgan fingerprint density at radius 1 is 0.784 bits per heavy atom. The molecular weight excluding hydrogens is 955 g/mol. The van der Waals surface area contributed by atoms with Gasteiger partial charge in [0.2, 0.25) is 41.4 Å². The highest BCUT2D eigenvalue weighted by atomic mass is 16.5. The van der Waals surface area contributed by atoms with Crippen LogP contribution in [0.4, 0.5) is 0 Å². The van der Waals surface area contributed by atoms with Crippen LogP contribution in [-0.2, 0) is 57.6 Å². The number of rotatable bonds is 29. The predicted octanol–water partition coefficient (Wildman–Crippen LogP) is -0.204. The fourth-order valence-electron chi connectivity index (χ4n) is 8.45. The van der Waals surface area contributed by atoms with Crippen molar-refractivity contribution in [2.75, 3.05) is 33.8 Å². The molecule has 0 bridgehead atoms. The van der Waals surface area contributed by atoms with E-state index in [1.807, 2.05) is 6.92 Å². The van der Waals surface area contributed by atoms with Gasteiger partial charge >= 0.3 is 5.97 Å². The summed E-state index contributed by atoms with van der Waals surface area (Å²) in [6, 6.07) is 7.25. The number of nitrogens with one attached hydrogen (secondary N) is 8. The van der Waals surface area contributed by atoms with Crippen molar-refractivity contribution < 1.29 is 48.2 Å². The number of benzene rings is 2. The Hall–Kier alpha value is -7.56. The van der Waals surface area contributed by atoms with Crippen LogP contribution in [0.5, 0.6) is 5.75 Å². The number of carbonyl (C=O) groups is 8. The van der Waals surface area contributed by atoms with E-state index in [1.54, 1.807) is 82.4 Å². The van der Waals surface area contributed by atoms with Crippen molar-refractivity contribution in [2.24, 2.45) is 28.3 Å². The average molecular weight is 1030 g/mol. The largest absolute Gasteiger partial charge is 0.497 e. The first-order valence-corrected chi connectivity index (χ1v) is 25.0. The number of aliphatic carboxylic acids is 1. The Morgan fingerprint density at radius 2 is 1.42 bits per heavy atom. The molecule has 1 aliphatic heterocycles. The number of H-pyrrole nitrogens is 1. The van der Waals surface area contributed by atoms with Crippen molar-refractivity contribution in [1.29, 1.82) is 0 Å². The van der Waals surface area contributed by atoms with Gasteiger partial charge in [0.15, 0.2) is 5.96 Å². The maximum atomic E-state index is 14.7. The second-order valence-corrected chi connectivity index (χ2v) is 18.8. The maximum Gasteiger partial charge on any atom is 0.326 e. The summed E-state index contributed by atoms with van der Waals surface area (Å²) in [6.45, 7) is 7.26. The molecule has 0 saturated carbocycles. The van der Waals surface area contributed by atoms with Gasteiger partial charge in [-0.3, -0.25) is 38.6 Å². The Bertz CT molecular complexity index is 2350. The number of carboxylic acid groups (broad SMARTS) is 1. The number of ether oxygens (including phenoxy) is 1. The molecule has 1 fully saturated rings. The monoisotopic (exact) mass is 1030 g/mol. The minimum Gasteiger partial charge on any atom is -0.497 e. The molecule has 404 valence electrons. The number of hydrogen-bond donors (Lipinski definition) is 11. The summed E-state index contributed by atoms with van der Waals surface area (Å²) in [7, 11) is 3.08. The van der Waals surface area contributed by atoms with E-state index in [9.17, 15) is 43.5 Å². The van der Waals surface area contributed by atoms with Crippen LogP contribution < -0.4 is 53.4 Å². The third kappa shape index (κ3) is 18.5. The Kier molecular flexibility index (Phi) is 23.8. The van der Waals surface area contributed by atoms with Gasteiger partial charge in [0, 0.05) is 44.2 Å². The molecule has 0 radical (unpaired) electrons. The number of aromatic amines is 1. The van der Waals surface area contributed by atoms with E-state index in [0.29, 0.717) is 48.3 Å². The van der Waals surface area contributed by atoms with Crippen molar-refractivity contribution in [1.82, 2.24) is 52.1 Å². The lowest BCUT2D eigenvalue weighted by Crippen LogP contribution is -2.62. The van der Waals surface area contributed by atoms with Gasteiger partial charge in [0.05, 0.1) is 20.0 Å². The van der Waals surface area contributed by atoms with Gasteiger partial charge in [-0.25, -0.2) is 9.78 Å². The first-order valence-electron chi connectivity index (χ1n) is 25.0. The number of hydrogen-bond acceptors (Lipinski definition) is 12. The second kappa shape index (κ2) is 29.8. The van der Waals surface area contributed by atoms with E-state index < -0.39 is 101 Å². The maximum absolute atomic E-state index is 14.7. The lowest BCUT2D eigenvalue weighted by Gasteiger charge is -2.38.